The minimum Gasteiger partial charge on any atom is -0.253 e. The summed E-state index contributed by atoms with van der Waals surface area (Å²) in [6, 6.07) is 6.72. The average Bonchev–Trinajstić information content (AvgIpc) is 2.80. The van der Waals surface area contributed by atoms with Crippen LogP contribution in [0.1, 0.15) is 16.4 Å². The lowest BCUT2D eigenvalue weighted by molar-refractivity contribution is 0.625. The lowest BCUT2D eigenvalue weighted by Crippen LogP contribution is -2.03. The second-order valence-electron chi connectivity index (χ2n) is 3.57. The van der Waals surface area contributed by atoms with E-state index in [1.807, 2.05) is 23.8 Å². The van der Waals surface area contributed by atoms with Gasteiger partial charge in [-0.1, -0.05) is 28.1 Å². The van der Waals surface area contributed by atoms with Crippen LogP contribution in [0.3, 0.4) is 0 Å². The third kappa shape index (κ3) is 2.89. The van der Waals surface area contributed by atoms with Crippen molar-refractivity contribution in [2.24, 2.45) is 0 Å². The quantitative estimate of drug-likeness (QED) is 0.778. The fourth-order valence-corrected chi connectivity index (χ4v) is 2.86. The van der Waals surface area contributed by atoms with Crippen molar-refractivity contribution in [1.82, 2.24) is 4.98 Å². The molecule has 1 heterocycles. The van der Waals surface area contributed by atoms with Gasteiger partial charge in [0.25, 0.3) is 0 Å². The molecule has 0 fully saturated rings. The van der Waals surface area contributed by atoms with E-state index in [0.29, 0.717) is 5.92 Å². The number of rotatable bonds is 4. The molecular formula is C12H11BrFNS. The van der Waals surface area contributed by atoms with E-state index in [1.54, 1.807) is 11.3 Å². The first-order valence-electron chi connectivity index (χ1n) is 4.98. The number of aromatic nitrogens is 1. The first-order chi connectivity index (χ1) is 7.79. The van der Waals surface area contributed by atoms with E-state index >= 15 is 0 Å². The fourth-order valence-electron chi connectivity index (χ4n) is 1.58. The van der Waals surface area contributed by atoms with Crippen molar-refractivity contribution in [3.05, 3.63) is 52.2 Å². The van der Waals surface area contributed by atoms with Crippen LogP contribution in [0.15, 0.2) is 36.0 Å². The largest absolute Gasteiger partial charge is 0.253 e. The van der Waals surface area contributed by atoms with E-state index in [-0.39, 0.29) is 5.82 Å². The maximum Gasteiger partial charge on any atom is 0.123 e. The molecule has 0 aliphatic rings. The zero-order chi connectivity index (χ0) is 11.4. The molecule has 1 atom stereocenters. The summed E-state index contributed by atoms with van der Waals surface area (Å²) in [5.41, 5.74) is 3.00. The van der Waals surface area contributed by atoms with Crippen LogP contribution in [0.5, 0.6) is 0 Å². The van der Waals surface area contributed by atoms with Crippen LogP contribution >= 0.6 is 27.3 Å². The predicted molar refractivity (Wildman–Crippen MR) is 68.8 cm³/mol. The van der Waals surface area contributed by atoms with Gasteiger partial charge in [-0.05, 0) is 30.0 Å². The van der Waals surface area contributed by atoms with Gasteiger partial charge in [0.05, 0.1) is 5.51 Å². The van der Waals surface area contributed by atoms with Crippen LogP contribution in [0.25, 0.3) is 0 Å². The smallest absolute Gasteiger partial charge is 0.123 e. The van der Waals surface area contributed by atoms with Crippen LogP contribution in [0.2, 0.25) is 0 Å². The van der Waals surface area contributed by atoms with Crippen molar-refractivity contribution in [3.8, 4) is 0 Å². The van der Waals surface area contributed by atoms with Gasteiger partial charge in [0.1, 0.15) is 5.82 Å². The van der Waals surface area contributed by atoms with Gasteiger partial charge in [-0.15, -0.1) is 11.3 Å². The van der Waals surface area contributed by atoms with Gasteiger partial charge in [-0.25, -0.2) is 4.39 Å². The highest BCUT2D eigenvalue weighted by molar-refractivity contribution is 9.09. The molecule has 0 aliphatic heterocycles. The minimum absolute atomic E-state index is 0.185. The molecule has 0 N–H and O–H groups in total. The Morgan fingerprint density at radius 2 is 2.06 bits per heavy atom. The minimum atomic E-state index is -0.185. The third-order valence-corrected chi connectivity index (χ3v) is 4.04. The van der Waals surface area contributed by atoms with Crippen molar-refractivity contribution in [2.75, 3.05) is 5.33 Å². The van der Waals surface area contributed by atoms with Crippen LogP contribution in [-0.4, -0.2) is 10.3 Å². The normalized spacial score (nSPS) is 12.6. The van der Waals surface area contributed by atoms with Crippen LogP contribution < -0.4 is 0 Å². The Labute approximate surface area is 106 Å². The van der Waals surface area contributed by atoms with Gasteiger partial charge < -0.3 is 0 Å². The second-order valence-corrected chi connectivity index (χ2v) is 5.19. The van der Waals surface area contributed by atoms with Crippen LogP contribution in [0.4, 0.5) is 4.39 Å². The van der Waals surface area contributed by atoms with Crippen molar-refractivity contribution in [2.45, 2.75) is 12.3 Å². The topological polar surface area (TPSA) is 12.9 Å². The number of halogens is 2. The Kier molecular flexibility index (Phi) is 4.07. The van der Waals surface area contributed by atoms with Gasteiger partial charge >= 0.3 is 0 Å². The maximum absolute atomic E-state index is 12.8. The monoisotopic (exact) mass is 299 g/mol. The number of hydrogen-bond acceptors (Lipinski definition) is 2. The summed E-state index contributed by atoms with van der Waals surface area (Å²) < 4.78 is 12.8. The zero-order valence-electron chi connectivity index (χ0n) is 8.57. The summed E-state index contributed by atoms with van der Waals surface area (Å²) in [4.78, 5) is 5.32. The number of nitrogens with zero attached hydrogens (tertiary/aromatic N) is 1. The Morgan fingerprint density at radius 3 is 2.62 bits per heavy atom. The Bertz CT molecular complexity index is 427. The molecule has 0 saturated carbocycles. The molecule has 0 radical (unpaired) electrons. The summed E-state index contributed by atoms with van der Waals surface area (Å²) in [7, 11) is 0. The van der Waals surface area contributed by atoms with Gasteiger partial charge in [-0.2, -0.15) is 0 Å². The van der Waals surface area contributed by atoms with Gasteiger partial charge in [0, 0.05) is 16.4 Å². The van der Waals surface area contributed by atoms with E-state index < -0.39 is 0 Å². The molecule has 0 bridgehead atoms. The molecule has 2 aromatic rings. The number of benzene rings is 1. The molecule has 84 valence electrons. The van der Waals surface area contributed by atoms with Gasteiger partial charge in [0.2, 0.25) is 0 Å². The molecule has 0 saturated heterocycles. The zero-order valence-corrected chi connectivity index (χ0v) is 11.0. The van der Waals surface area contributed by atoms with E-state index in [0.717, 1.165) is 17.3 Å². The van der Waals surface area contributed by atoms with E-state index in [2.05, 4.69) is 20.9 Å². The first-order valence-corrected chi connectivity index (χ1v) is 6.98. The Morgan fingerprint density at radius 1 is 1.31 bits per heavy atom. The molecule has 1 unspecified atom stereocenters. The highest BCUT2D eigenvalue weighted by Crippen LogP contribution is 2.24. The van der Waals surface area contributed by atoms with E-state index in [1.165, 1.54) is 17.0 Å². The molecule has 2 rings (SSSR count). The van der Waals surface area contributed by atoms with Gasteiger partial charge in [0.15, 0.2) is 0 Å². The Hall–Kier alpha value is -0.740. The molecule has 16 heavy (non-hydrogen) atoms. The first kappa shape index (κ1) is 11.7. The lowest BCUT2D eigenvalue weighted by atomic mass is 9.97. The molecular weight excluding hydrogens is 289 g/mol. The summed E-state index contributed by atoms with van der Waals surface area (Å²) in [5.74, 6) is 0.191. The summed E-state index contributed by atoms with van der Waals surface area (Å²) in [5, 5.41) is 0.872. The molecule has 0 amide bonds. The summed E-state index contributed by atoms with van der Waals surface area (Å²) in [6.07, 6.45) is 2.84. The van der Waals surface area contributed by atoms with Crippen LogP contribution in [-0.2, 0) is 6.42 Å². The van der Waals surface area contributed by atoms with Crippen molar-refractivity contribution < 1.29 is 4.39 Å². The van der Waals surface area contributed by atoms with Crippen LogP contribution in [0, 0.1) is 5.82 Å². The van der Waals surface area contributed by atoms with E-state index in [4.69, 9.17) is 0 Å². The molecule has 1 nitrogen and oxygen atoms in total. The Balaban J connectivity index is 2.13. The molecule has 4 heteroatoms. The molecule has 1 aromatic heterocycles. The SMILES string of the molecule is Fc1ccc(C(CBr)Cc2cncs2)cc1. The highest BCUT2D eigenvalue weighted by atomic mass is 79.9. The van der Waals surface area contributed by atoms with E-state index in [9.17, 15) is 4.39 Å². The second kappa shape index (κ2) is 5.55. The van der Waals surface area contributed by atoms with Crippen molar-refractivity contribution >= 4 is 27.3 Å². The number of alkyl halides is 1. The third-order valence-electron chi connectivity index (χ3n) is 2.46. The summed E-state index contributed by atoms with van der Waals surface area (Å²) >= 11 is 5.17. The predicted octanol–water partition coefficient (Wildman–Crippen LogP) is 4.00. The number of hydrogen-bond donors (Lipinski definition) is 0. The van der Waals surface area contributed by atoms with Crippen molar-refractivity contribution in [1.29, 1.82) is 0 Å². The lowest BCUT2D eigenvalue weighted by Gasteiger charge is -2.12. The maximum atomic E-state index is 12.8. The fraction of sp³-hybridized carbons (Fsp3) is 0.250. The van der Waals surface area contributed by atoms with Gasteiger partial charge in [-0.3, -0.25) is 4.98 Å². The standard InChI is InChI=1S/C12H11BrFNS/c13-6-10(5-12-7-15-8-16-12)9-1-3-11(14)4-2-9/h1-4,7-8,10H,5-6H2. The molecule has 0 aliphatic carbocycles. The van der Waals surface area contributed by atoms with Crippen molar-refractivity contribution in [3.63, 3.8) is 0 Å². The summed E-state index contributed by atoms with van der Waals surface area (Å²) in [6.45, 7) is 0. The highest BCUT2D eigenvalue weighted by Gasteiger charge is 2.11. The molecule has 1 aromatic carbocycles. The molecule has 0 spiro atoms. The number of thiazole rings is 1. The average molecular weight is 300 g/mol.